The molecule has 1 N–H and O–H groups in total. The van der Waals surface area contributed by atoms with Crippen LogP contribution in [0.4, 0.5) is 5.82 Å². The average Bonchev–Trinajstić information content (AvgIpc) is 2.71. The molecule has 0 amide bonds. The highest BCUT2D eigenvalue weighted by Gasteiger charge is 2.05. The Kier molecular flexibility index (Phi) is 3.58. The van der Waals surface area contributed by atoms with Crippen molar-refractivity contribution in [1.82, 2.24) is 9.97 Å². The van der Waals surface area contributed by atoms with Crippen molar-refractivity contribution < 1.29 is 8.42 Å². The molecule has 0 bridgehead atoms. The van der Waals surface area contributed by atoms with Crippen LogP contribution in [0.25, 0.3) is 10.2 Å². The summed E-state index contributed by atoms with van der Waals surface area (Å²) < 4.78 is 22.9. The zero-order valence-electron chi connectivity index (χ0n) is 9.38. The largest absolute Gasteiger partial charge is 0.369 e. The van der Waals surface area contributed by atoms with Gasteiger partial charge in [-0.15, -0.1) is 11.3 Å². The summed E-state index contributed by atoms with van der Waals surface area (Å²) in [6.07, 6.45) is 3.33. The average molecular weight is 271 g/mol. The number of nitrogens with one attached hydrogen (secondary N) is 1. The molecule has 0 aromatic carbocycles. The maximum absolute atomic E-state index is 11.0. The first kappa shape index (κ1) is 12.3. The van der Waals surface area contributed by atoms with E-state index >= 15 is 0 Å². The lowest BCUT2D eigenvalue weighted by Crippen LogP contribution is -2.10. The van der Waals surface area contributed by atoms with Crippen molar-refractivity contribution in [3.63, 3.8) is 0 Å². The molecule has 0 aliphatic carbocycles. The van der Waals surface area contributed by atoms with Crippen LogP contribution in [0, 0.1) is 0 Å². The molecule has 0 unspecified atom stereocenters. The topological polar surface area (TPSA) is 72.0 Å². The third kappa shape index (κ3) is 3.37. The third-order valence-electron chi connectivity index (χ3n) is 2.23. The number of anilines is 1. The van der Waals surface area contributed by atoms with Crippen LogP contribution in [0.3, 0.4) is 0 Å². The summed E-state index contributed by atoms with van der Waals surface area (Å²) in [5, 5.41) is 5.10. The SMILES string of the molecule is CS(=O)(=O)CCCNc1ncnc2ccsc12. The van der Waals surface area contributed by atoms with Crippen molar-refractivity contribution in [3.8, 4) is 0 Å². The molecule has 7 heteroatoms. The van der Waals surface area contributed by atoms with Gasteiger partial charge in [-0.2, -0.15) is 0 Å². The van der Waals surface area contributed by atoms with Crippen LogP contribution < -0.4 is 5.32 Å². The van der Waals surface area contributed by atoms with Gasteiger partial charge >= 0.3 is 0 Å². The molecular formula is C10H13N3O2S2. The Labute approximate surface area is 104 Å². The molecule has 0 aliphatic heterocycles. The maximum atomic E-state index is 11.0. The van der Waals surface area contributed by atoms with Crippen LogP contribution in [0.15, 0.2) is 17.8 Å². The second-order valence-electron chi connectivity index (χ2n) is 3.77. The van der Waals surface area contributed by atoms with E-state index in [0.29, 0.717) is 13.0 Å². The number of hydrogen-bond donors (Lipinski definition) is 1. The Morgan fingerprint density at radius 1 is 1.41 bits per heavy atom. The molecule has 0 saturated heterocycles. The molecule has 92 valence electrons. The summed E-state index contributed by atoms with van der Waals surface area (Å²) >= 11 is 1.57. The number of thiophene rings is 1. The van der Waals surface area contributed by atoms with Gasteiger partial charge in [0, 0.05) is 12.8 Å². The standard InChI is InChI=1S/C10H13N3O2S2/c1-17(14,15)6-2-4-11-10-9-8(3-5-16-9)12-7-13-10/h3,5,7H,2,4,6H2,1H3,(H,11,12,13). The van der Waals surface area contributed by atoms with Crippen LogP contribution in [0.1, 0.15) is 6.42 Å². The van der Waals surface area contributed by atoms with E-state index in [4.69, 9.17) is 0 Å². The molecule has 0 spiro atoms. The van der Waals surface area contributed by atoms with Gasteiger partial charge in [-0.3, -0.25) is 0 Å². The minimum absolute atomic E-state index is 0.193. The van der Waals surface area contributed by atoms with Crippen LogP contribution in [-0.4, -0.2) is 36.9 Å². The number of aromatic nitrogens is 2. The first-order chi connectivity index (χ1) is 8.06. The van der Waals surface area contributed by atoms with Crippen molar-refractivity contribution in [3.05, 3.63) is 17.8 Å². The molecule has 2 heterocycles. The van der Waals surface area contributed by atoms with E-state index in [0.717, 1.165) is 16.0 Å². The van der Waals surface area contributed by atoms with Crippen molar-refractivity contribution in [2.75, 3.05) is 23.9 Å². The molecule has 0 radical (unpaired) electrons. The highest BCUT2D eigenvalue weighted by Crippen LogP contribution is 2.24. The summed E-state index contributed by atoms with van der Waals surface area (Å²) in [5.41, 5.74) is 0.913. The lowest BCUT2D eigenvalue weighted by atomic mass is 10.4. The van der Waals surface area contributed by atoms with Crippen molar-refractivity contribution >= 4 is 37.2 Å². The Morgan fingerprint density at radius 3 is 3.00 bits per heavy atom. The van der Waals surface area contributed by atoms with Crippen LogP contribution in [0.5, 0.6) is 0 Å². The minimum Gasteiger partial charge on any atom is -0.369 e. The second-order valence-corrected chi connectivity index (χ2v) is 6.94. The first-order valence-corrected chi connectivity index (χ1v) is 8.10. The predicted molar refractivity (Wildman–Crippen MR) is 70.2 cm³/mol. The van der Waals surface area contributed by atoms with Gasteiger partial charge in [-0.1, -0.05) is 0 Å². The third-order valence-corrected chi connectivity index (χ3v) is 4.17. The smallest absolute Gasteiger partial charge is 0.147 e. The zero-order valence-corrected chi connectivity index (χ0v) is 11.0. The van der Waals surface area contributed by atoms with E-state index in [9.17, 15) is 8.42 Å². The van der Waals surface area contributed by atoms with Gasteiger partial charge in [0.1, 0.15) is 22.0 Å². The molecule has 17 heavy (non-hydrogen) atoms. The number of rotatable bonds is 5. The van der Waals surface area contributed by atoms with Gasteiger partial charge in [-0.25, -0.2) is 18.4 Å². The van der Waals surface area contributed by atoms with Gasteiger partial charge in [0.25, 0.3) is 0 Å². The molecular weight excluding hydrogens is 258 g/mol. The van der Waals surface area contributed by atoms with E-state index in [1.165, 1.54) is 12.6 Å². The fourth-order valence-electron chi connectivity index (χ4n) is 1.46. The van der Waals surface area contributed by atoms with E-state index in [-0.39, 0.29) is 5.75 Å². The fraction of sp³-hybridized carbons (Fsp3) is 0.400. The first-order valence-electron chi connectivity index (χ1n) is 5.16. The Balaban J connectivity index is 1.97. The van der Waals surface area contributed by atoms with E-state index < -0.39 is 9.84 Å². The van der Waals surface area contributed by atoms with Crippen molar-refractivity contribution in [2.24, 2.45) is 0 Å². The molecule has 0 saturated carbocycles. The molecule has 2 aromatic rings. The summed E-state index contributed by atoms with van der Waals surface area (Å²) in [7, 11) is -2.88. The number of nitrogens with zero attached hydrogens (tertiary/aromatic N) is 2. The summed E-state index contributed by atoms with van der Waals surface area (Å²) in [6, 6.07) is 1.93. The molecule has 0 fully saturated rings. The van der Waals surface area contributed by atoms with Gasteiger partial charge in [-0.05, 0) is 17.9 Å². The Hall–Kier alpha value is -1.21. The number of fused-ring (bicyclic) bond motifs is 1. The van der Waals surface area contributed by atoms with Crippen molar-refractivity contribution in [1.29, 1.82) is 0 Å². The summed E-state index contributed by atoms with van der Waals surface area (Å²) in [5.74, 6) is 0.970. The fourth-order valence-corrected chi connectivity index (χ4v) is 2.94. The predicted octanol–water partition coefficient (Wildman–Crippen LogP) is 1.54. The highest BCUT2D eigenvalue weighted by atomic mass is 32.2. The molecule has 2 aromatic heterocycles. The van der Waals surface area contributed by atoms with E-state index in [1.54, 1.807) is 11.3 Å². The molecule has 5 nitrogen and oxygen atoms in total. The summed E-state index contributed by atoms with van der Waals surface area (Å²) in [6.45, 7) is 0.594. The van der Waals surface area contributed by atoms with E-state index in [1.807, 2.05) is 11.4 Å². The Morgan fingerprint density at radius 2 is 2.24 bits per heavy atom. The molecule has 0 aliphatic rings. The van der Waals surface area contributed by atoms with Gasteiger partial charge in [0.05, 0.1) is 16.0 Å². The minimum atomic E-state index is -2.88. The van der Waals surface area contributed by atoms with Gasteiger partial charge in [0.2, 0.25) is 0 Å². The van der Waals surface area contributed by atoms with Crippen LogP contribution >= 0.6 is 11.3 Å². The normalized spacial score (nSPS) is 11.8. The van der Waals surface area contributed by atoms with Gasteiger partial charge in [0.15, 0.2) is 0 Å². The molecule has 0 atom stereocenters. The lowest BCUT2D eigenvalue weighted by molar-refractivity contribution is 0.600. The number of sulfone groups is 1. The van der Waals surface area contributed by atoms with Crippen LogP contribution in [-0.2, 0) is 9.84 Å². The van der Waals surface area contributed by atoms with E-state index in [2.05, 4.69) is 15.3 Å². The summed E-state index contributed by atoms with van der Waals surface area (Å²) in [4.78, 5) is 8.28. The van der Waals surface area contributed by atoms with Crippen molar-refractivity contribution in [2.45, 2.75) is 6.42 Å². The second kappa shape index (κ2) is 4.97. The zero-order chi connectivity index (χ0) is 12.3. The maximum Gasteiger partial charge on any atom is 0.147 e. The lowest BCUT2D eigenvalue weighted by Gasteiger charge is -2.05. The quantitative estimate of drug-likeness (QED) is 0.835. The monoisotopic (exact) mass is 271 g/mol. The molecule has 2 rings (SSSR count). The Bertz CT molecular complexity index is 607. The van der Waals surface area contributed by atoms with Gasteiger partial charge < -0.3 is 5.32 Å². The van der Waals surface area contributed by atoms with Crippen LogP contribution in [0.2, 0.25) is 0 Å². The number of hydrogen-bond acceptors (Lipinski definition) is 6. The highest BCUT2D eigenvalue weighted by molar-refractivity contribution is 7.90.